The van der Waals surface area contributed by atoms with Crippen LogP contribution < -0.4 is 0 Å². The maximum atomic E-state index is 11.6. The predicted octanol–water partition coefficient (Wildman–Crippen LogP) is 2.66. The summed E-state index contributed by atoms with van der Waals surface area (Å²) in [6.07, 6.45) is 2.30. The summed E-state index contributed by atoms with van der Waals surface area (Å²) in [5.74, 6) is 0.219. The molecule has 0 bridgehead atoms. The zero-order valence-electron chi connectivity index (χ0n) is 10.7. The van der Waals surface area contributed by atoms with E-state index in [2.05, 4.69) is 20.8 Å². The first-order valence-corrected chi connectivity index (χ1v) is 7.51. The van der Waals surface area contributed by atoms with E-state index in [-0.39, 0.29) is 5.97 Å². The third kappa shape index (κ3) is 3.56. The normalized spacial score (nSPS) is 14.5. The van der Waals surface area contributed by atoms with Gasteiger partial charge in [-0.3, -0.25) is 5.41 Å². The van der Waals surface area contributed by atoms with Crippen molar-refractivity contribution < 1.29 is 9.53 Å². The molecule has 1 aromatic carbocycles. The van der Waals surface area contributed by atoms with E-state index in [1.165, 1.54) is 0 Å². The van der Waals surface area contributed by atoms with Gasteiger partial charge in [0, 0.05) is 24.0 Å². The van der Waals surface area contributed by atoms with E-state index >= 15 is 0 Å². The van der Waals surface area contributed by atoms with Gasteiger partial charge in [0.05, 0.1) is 5.56 Å². The number of carbonyl (C=O) groups excluding carboxylic acids is 1. The minimum absolute atomic E-state index is 0.321. The van der Waals surface area contributed by atoms with Gasteiger partial charge in [-0.25, -0.2) is 4.79 Å². The standard InChI is InChI=1S/C14H17BrN2O2/c15-7-10-19-14(18)12-5-3-11(4-6-12)13(16)17-8-1-2-9-17/h3-6,16H,1-2,7-10H2. The Bertz CT molecular complexity index is 453. The Kier molecular flexibility index (Phi) is 4.96. The number of amidine groups is 1. The lowest BCUT2D eigenvalue weighted by Gasteiger charge is -2.18. The minimum Gasteiger partial charge on any atom is -0.461 e. The maximum Gasteiger partial charge on any atom is 0.338 e. The average Bonchev–Trinajstić information content (AvgIpc) is 2.98. The van der Waals surface area contributed by atoms with Gasteiger partial charge in [-0.1, -0.05) is 28.1 Å². The highest BCUT2D eigenvalue weighted by molar-refractivity contribution is 9.09. The second-order valence-corrected chi connectivity index (χ2v) is 5.24. The molecule has 1 aliphatic rings. The number of benzene rings is 1. The van der Waals surface area contributed by atoms with Crippen molar-refractivity contribution in [2.24, 2.45) is 0 Å². The number of rotatable bonds is 4. The molecule has 0 atom stereocenters. The SMILES string of the molecule is N=C(c1ccc(C(=O)OCCBr)cc1)N1CCCC1. The number of likely N-dealkylation sites (tertiary alicyclic amines) is 1. The largest absolute Gasteiger partial charge is 0.461 e. The number of nitrogens with one attached hydrogen (secondary N) is 1. The molecule has 2 rings (SSSR count). The van der Waals surface area contributed by atoms with E-state index < -0.39 is 0 Å². The molecule has 0 radical (unpaired) electrons. The van der Waals surface area contributed by atoms with Crippen LogP contribution in [0, 0.1) is 5.41 Å². The van der Waals surface area contributed by atoms with Crippen LogP contribution in [0.5, 0.6) is 0 Å². The number of carbonyl (C=O) groups is 1. The van der Waals surface area contributed by atoms with Crippen LogP contribution in [0.25, 0.3) is 0 Å². The summed E-state index contributed by atoms with van der Waals surface area (Å²) < 4.78 is 5.03. The lowest BCUT2D eigenvalue weighted by atomic mass is 10.1. The van der Waals surface area contributed by atoms with Gasteiger partial charge in [-0.05, 0) is 25.0 Å². The van der Waals surface area contributed by atoms with Crippen molar-refractivity contribution in [1.82, 2.24) is 4.90 Å². The first kappa shape index (κ1) is 14.1. The lowest BCUT2D eigenvalue weighted by Crippen LogP contribution is -2.27. The van der Waals surface area contributed by atoms with Crippen molar-refractivity contribution in [2.45, 2.75) is 12.8 Å². The fraction of sp³-hybridized carbons (Fsp3) is 0.429. The van der Waals surface area contributed by atoms with E-state index in [1.807, 2.05) is 12.1 Å². The smallest absolute Gasteiger partial charge is 0.338 e. The van der Waals surface area contributed by atoms with Crippen LogP contribution in [0.3, 0.4) is 0 Å². The molecule has 0 amide bonds. The number of esters is 1. The molecule has 0 aliphatic carbocycles. The topological polar surface area (TPSA) is 53.4 Å². The van der Waals surface area contributed by atoms with E-state index in [4.69, 9.17) is 10.1 Å². The van der Waals surface area contributed by atoms with Crippen LogP contribution in [-0.2, 0) is 4.74 Å². The van der Waals surface area contributed by atoms with E-state index in [1.54, 1.807) is 12.1 Å². The molecule has 1 aliphatic heterocycles. The molecule has 4 nitrogen and oxygen atoms in total. The number of ether oxygens (including phenoxy) is 1. The first-order chi connectivity index (χ1) is 9.22. The summed E-state index contributed by atoms with van der Waals surface area (Å²) in [4.78, 5) is 13.7. The monoisotopic (exact) mass is 324 g/mol. The van der Waals surface area contributed by atoms with Crippen molar-refractivity contribution in [3.8, 4) is 0 Å². The number of nitrogens with zero attached hydrogens (tertiary/aromatic N) is 1. The minimum atomic E-state index is -0.321. The lowest BCUT2D eigenvalue weighted by molar-refractivity contribution is 0.0531. The summed E-state index contributed by atoms with van der Waals surface area (Å²) in [7, 11) is 0. The van der Waals surface area contributed by atoms with Crippen LogP contribution in [-0.4, -0.2) is 41.7 Å². The van der Waals surface area contributed by atoms with E-state index in [9.17, 15) is 4.79 Å². The molecule has 102 valence electrons. The van der Waals surface area contributed by atoms with Gasteiger partial charge < -0.3 is 9.64 Å². The highest BCUT2D eigenvalue weighted by Crippen LogP contribution is 2.14. The second kappa shape index (κ2) is 6.70. The molecular formula is C14H17BrN2O2. The molecule has 1 saturated heterocycles. The fourth-order valence-corrected chi connectivity index (χ4v) is 2.26. The van der Waals surface area contributed by atoms with E-state index in [0.717, 1.165) is 31.5 Å². The summed E-state index contributed by atoms with van der Waals surface area (Å²) >= 11 is 3.21. The van der Waals surface area contributed by atoms with Crippen molar-refractivity contribution >= 4 is 27.7 Å². The Hall–Kier alpha value is -1.36. The summed E-state index contributed by atoms with van der Waals surface area (Å²) in [5.41, 5.74) is 1.37. The van der Waals surface area contributed by atoms with E-state index in [0.29, 0.717) is 23.3 Å². The Morgan fingerprint density at radius 2 is 1.79 bits per heavy atom. The zero-order valence-corrected chi connectivity index (χ0v) is 12.3. The number of alkyl halides is 1. The Labute approximate surface area is 121 Å². The Morgan fingerprint density at radius 1 is 1.21 bits per heavy atom. The number of halogens is 1. The van der Waals surface area contributed by atoms with Crippen LogP contribution >= 0.6 is 15.9 Å². The molecule has 1 aromatic rings. The number of hydrogen-bond acceptors (Lipinski definition) is 3. The van der Waals surface area contributed by atoms with Gasteiger partial charge in [-0.2, -0.15) is 0 Å². The molecular weight excluding hydrogens is 308 g/mol. The number of hydrogen-bond donors (Lipinski definition) is 1. The predicted molar refractivity (Wildman–Crippen MR) is 78.2 cm³/mol. The third-order valence-electron chi connectivity index (χ3n) is 3.13. The van der Waals surface area contributed by atoms with Crippen molar-refractivity contribution in [3.63, 3.8) is 0 Å². The van der Waals surface area contributed by atoms with Gasteiger partial charge in [0.25, 0.3) is 0 Å². The average molecular weight is 325 g/mol. The molecule has 19 heavy (non-hydrogen) atoms. The van der Waals surface area contributed by atoms with Crippen molar-refractivity contribution in [1.29, 1.82) is 5.41 Å². The summed E-state index contributed by atoms with van der Waals surface area (Å²) in [6, 6.07) is 7.06. The molecule has 0 saturated carbocycles. The van der Waals surface area contributed by atoms with Crippen molar-refractivity contribution in [2.75, 3.05) is 25.0 Å². The first-order valence-electron chi connectivity index (χ1n) is 6.39. The molecule has 1 fully saturated rings. The molecule has 1 N–H and O–H groups in total. The van der Waals surface area contributed by atoms with Crippen LogP contribution in [0.15, 0.2) is 24.3 Å². The van der Waals surface area contributed by atoms with Crippen molar-refractivity contribution in [3.05, 3.63) is 35.4 Å². The fourth-order valence-electron chi connectivity index (χ4n) is 2.10. The summed E-state index contributed by atoms with van der Waals surface area (Å²) in [6.45, 7) is 2.27. The quantitative estimate of drug-likeness (QED) is 0.401. The van der Waals surface area contributed by atoms with Gasteiger partial charge in [-0.15, -0.1) is 0 Å². The molecule has 1 heterocycles. The third-order valence-corrected chi connectivity index (χ3v) is 3.45. The highest BCUT2D eigenvalue weighted by Gasteiger charge is 2.16. The van der Waals surface area contributed by atoms with Gasteiger partial charge in [0.2, 0.25) is 0 Å². The molecule has 0 spiro atoms. The highest BCUT2D eigenvalue weighted by atomic mass is 79.9. The van der Waals surface area contributed by atoms with Gasteiger partial charge >= 0.3 is 5.97 Å². The molecule has 5 heteroatoms. The zero-order chi connectivity index (χ0) is 13.7. The van der Waals surface area contributed by atoms with Gasteiger partial charge in [0.15, 0.2) is 0 Å². The summed E-state index contributed by atoms with van der Waals surface area (Å²) in [5, 5.41) is 8.75. The van der Waals surface area contributed by atoms with Crippen LogP contribution in [0.1, 0.15) is 28.8 Å². The molecule has 0 aromatic heterocycles. The molecule has 0 unspecified atom stereocenters. The second-order valence-electron chi connectivity index (χ2n) is 4.45. The maximum absolute atomic E-state index is 11.6. The Balaban J connectivity index is 2.01. The Morgan fingerprint density at radius 3 is 2.37 bits per heavy atom. The van der Waals surface area contributed by atoms with Gasteiger partial charge in [0.1, 0.15) is 12.4 Å². The van der Waals surface area contributed by atoms with Crippen LogP contribution in [0.2, 0.25) is 0 Å². The van der Waals surface area contributed by atoms with Crippen LogP contribution in [0.4, 0.5) is 0 Å².